The van der Waals surface area contributed by atoms with Crippen LogP contribution in [0, 0.1) is 11.3 Å². The summed E-state index contributed by atoms with van der Waals surface area (Å²) in [5, 5.41) is 19.0. The number of nitrogens with zero attached hydrogens (tertiary/aromatic N) is 3. The molecule has 0 saturated heterocycles. The second-order valence-electron chi connectivity index (χ2n) is 6.80. The third-order valence-corrected chi connectivity index (χ3v) is 7.45. The number of aromatic nitrogens is 2. The molecule has 10 nitrogen and oxygen atoms in total. The molecule has 0 aliphatic heterocycles. The number of carbonyl (C=O) groups excluding carboxylic acids is 2. The van der Waals surface area contributed by atoms with Crippen molar-refractivity contribution >= 4 is 44.3 Å². The van der Waals surface area contributed by atoms with Crippen LogP contribution in [0.5, 0.6) is 11.5 Å². The molecule has 35 heavy (non-hydrogen) atoms. The van der Waals surface area contributed by atoms with Gasteiger partial charge >= 0.3 is 5.97 Å². The van der Waals surface area contributed by atoms with Gasteiger partial charge in [-0.1, -0.05) is 42.5 Å². The zero-order chi connectivity index (χ0) is 25.4. The number of ether oxygens (including phenoxy) is 2. The molecule has 1 N–H and O–H groups in total. The van der Waals surface area contributed by atoms with Crippen molar-refractivity contribution in [2.24, 2.45) is 0 Å². The highest BCUT2D eigenvalue weighted by molar-refractivity contribution is 7.93. The molecule has 1 heterocycles. The summed E-state index contributed by atoms with van der Waals surface area (Å²) in [6, 6.07) is 14.8. The van der Waals surface area contributed by atoms with Gasteiger partial charge in [-0.15, -0.1) is 10.2 Å². The summed E-state index contributed by atoms with van der Waals surface area (Å²) < 4.78 is 34.5. The summed E-state index contributed by atoms with van der Waals surface area (Å²) >= 11 is 0.695. The van der Waals surface area contributed by atoms with Crippen molar-refractivity contribution in [3.05, 3.63) is 65.2 Å². The monoisotopic (exact) mass is 512 g/mol. The summed E-state index contributed by atoms with van der Waals surface area (Å²) in [4.78, 5) is 24.9. The predicted octanol–water partition coefficient (Wildman–Crippen LogP) is 3.50. The fraction of sp³-hybridized carbons (Fsp3) is 0.174. The highest BCUT2D eigenvalue weighted by atomic mass is 32.2. The Labute approximate surface area is 205 Å². The molecule has 0 saturated carbocycles. The zero-order valence-electron chi connectivity index (χ0n) is 18.7. The standard InChI is InChI=1S/C23H20N4O6S2/c1-3-32-19-13-15(10-11-18(19)33-21(29)16-8-6-5-7-9-16)12-17(14-24)20(28)25-22-26-27-23(34-22)35(30,31)4-2/h5-13H,3-4H2,1-2H3,(H,25,26,28)/b17-12-. The second-order valence-corrected chi connectivity index (χ2v) is 10.2. The van der Waals surface area contributed by atoms with Gasteiger partial charge in [0.2, 0.25) is 19.3 Å². The maximum absolute atomic E-state index is 12.5. The van der Waals surface area contributed by atoms with Crippen molar-refractivity contribution in [3.63, 3.8) is 0 Å². The van der Waals surface area contributed by atoms with Gasteiger partial charge in [-0.3, -0.25) is 10.1 Å². The van der Waals surface area contributed by atoms with Crippen molar-refractivity contribution in [2.45, 2.75) is 18.2 Å². The van der Waals surface area contributed by atoms with E-state index in [9.17, 15) is 23.3 Å². The molecular formula is C23H20N4O6S2. The van der Waals surface area contributed by atoms with E-state index in [0.717, 1.165) is 0 Å². The summed E-state index contributed by atoms with van der Waals surface area (Å²) in [7, 11) is -3.56. The maximum atomic E-state index is 12.5. The van der Waals surface area contributed by atoms with Crippen molar-refractivity contribution in [3.8, 4) is 17.6 Å². The third kappa shape index (κ3) is 6.50. The van der Waals surface area contributed by atoms with E-state index in [4.69, 9.17) is 9.47 Å². The number of amides is 1. The lowest BCUT2D eigenvalue weighted by molar-refractivity contribution is -0.112. The lowest BCUT2D eigenvalue weighted by atomic mass is 10.1. The molecule has 0 unspecified atom stereocenters. The van der Waals surface area contributed by atoms with E-state index in [-0.39, 0.29) is 38.9 Å². The van der Waals surface area contributed by atoms with Gasteiger partial charge in [0.1, 0.15) is 11.6 Å². The first-order valence-electron chi connectivity index (χ1n) is 10.3. The molecule has 1 aromatic heterocycles. The Morgan fingerprint density at radius 2 is 1.86 bits per heavy atom. The molecular weight excluding hydrogens is 492 g/mol. The van der Waals surface area contributed by atoms with Gasteiger partial charge in [-0.05, 0) is 42.8 Å². The Bertz CT molecular complexity index is 1410. The number of hydrogen-bond donors (Lipinski definition) is 1. The summed E-state index contributed by atoms with van der Waals surface area (Å²) in [5.74, 6) is -1.08. The Morgan fingerprint density at radius 3 is 2.51 bits per heavy atom. The minimum absolute atomic E-state index is 0.0543. The first-order chi connectivity index (χ1) is 16.8. The van der Waals surface area contributed by atoms with E-state index in [1.165, 1.54) is 25.1 Å². The average molecular weight is 513 g/mol. The van der Waals surface area contributed by atoms with E-state index in [1.807, 2.05) is 0 Å². The van der Waals surface area contributed by atoms with Gasteiger partial charge in [0, 0.05) is 0 Å². The second kappa shape index (κ2) is 11.4. The highest BCUT2D eigenvalue weighted by Crippen LogP contribution is 2.30. The molecule has 3 rings (SSSR count). The number of nitrogens with one attached hydrogen (secondary N) is 1. The Morgan fingerprint density at radius 1 is 1.11 bits per heavy atom. The fourth-order valence-electron chi connectivity index (χ4n) is 2.69. The van der Waals surface area contributed by atoms with Crippen LogP contribution in [-0.2, 0) is 14.6 Å². The van der Waals surface area contributed by atoms with E-state index in [1.54, 1.807) is 49.4 Å². The van der Waals surface area contributed by atoms with Crippen LogP contribution >= 0.6 is 11.3 Å². The van der Waals surface area contributed by atoms with Gasteiger partial charge in [-0.2, -0.15) is 5.26 Å². The van der Waals surface area contributed by atoms with Crippen molar-refractivity contribution in [1.29, 1.82) is 5.26 Å². The molecule has 0 bridgehead atoms. The van der Waals surface area contributed by atoms with Gasteiger partial charge < -0.3 is 9.47 Å². The summed E-state index contributed by atoms with van der Waals surface area (Å²) in [6.07, 6.45) is 1.31. The third-order valence-electron chi connectivity index (χ3n) is 4.43. The number of rotatable bonds is 9. The minimum Gasteiger partial charge on any atom is -0.490 e. The molecule has 12 heteroatoms. The minimum atomic E-state index is -3.56. The number of hydrogen-bond acceptors (Lipinski definition) is 10. The molecule has 0 aliphatic rings. The average Bonchev–Trinajstić information content (AvgIpc) is 3.34. The number of sulfone groups is 1. The smallest absolute Gasteiger partial charge is 0.343 e. The Balaban J connectivity index is 1.81. The van der Waals surface area contributed by atoms with E-state index < -0.39 is 21.7 Å². The largest absolute Gasteiger partial charge is 0.490 e. The van der Waals surface area contributed by atoms with Gasteiger partial charge in [-0.25, -0.2) is 13.2 Å². The molecule has 180 valence electrons. The maximum Gasteiger partial charge on any atom is 0.343 e. The Kier molecular flexibility index (Phi) is 8.30. The Hall–Kier alpha value is -4.08. The van der Waals surface area contributed by atoms with Crippen LogP contribution in [0.3, 0.4) is 0 Å². The van der Waals surface area contributed by atoms with Crippen LogP contribution in [0.2, 0.25) is 0 Å². The van der Waals surface area contributed by atoms with Crippen molar-refractivity contribution in [1.82, 2.24) is 10.2 Å². The van der Waals surface area contributed by atoms with Crippen molar-refractivity contribution in [2.75, 3.05) is 17.7 Å². The van der Waals surface area contributed by atoms with Gasteiger partial charge in [0.15, 0.2) is 11.5 Å². The van der Waals surface area contributed by atoms with Crippen molar-refractivity contribution < 1.29 is 27.5 Å². The SMILES string of the molecule is CCOc1cc(/C=C(/C#N)C(=O)Nc2nnc(S(=O)(=O)CC)s2)ccc1OC(=O)c1ccccc1. The number of anilines is 1. The number of nitriles is 1. The van der Waals surface area contributed by atoms with E-state index in [0.29, 0.717) is 22.5 Å². The fourth-order valence-corrected chi connectivity index (χ4v) is 4.67. The van der Waals surface area contributed by atoms with Crippen LogP contribution in [0.1, 0.15) is 29.8 Å². The normalized spacial score (nSPS) is 11.4. The predicted molar refractivity (Wildman–Crippen MR) is 129 cm³/mol. The van der Waals surface area contributed by atoms with Crippen LogP contribution in [0.15, 0.2) is 58.4 Å². The van der Waals surface area contributed by atoms with Crippen LogP contribution in [0.4, 0.5) is 5.13 Å². The number of carbonyl (C=O) groups is 2. The molecule has 0 radical (unpaired) electrons. The van der Waals surface area contributed by atoms with Crippen LogP contribution in [-0.4, -0.2) is 42.9 Å². The quantitative estimate of drug-likeness (QED) is 0.149. The summed E-state index contributed by atoms with van der Waals surface area (Å²) in [5.41, 5.74) is 0.539. The molecule has 0 aliphatic carbocycles. The molecule has 0 atom stereocenters. The first kappa shape index (κ1) is 25.5. The molecule has 0 fully saturated rings. The van der Waals surface area contributed by atoms with Crippen LogP contribution in [0.25, 0.3) is 6.08 Å². The van der Waals surface area contributed by atoms with Gasteiger partial charge in [0.05, 0.1) is 17.9 Å². The van der Waals surface area contributed by atoms with Gasteiger partial charge in [0.25, 0.3) is 5.91 Å². The zero-order valence-corrected chi connectivity index (χ0v) is 20.4. The topological polar surface area (TPSA) is 148 Å². The highest BCUT2D eigenvalue weighted by Gasteiger charge is 2.20. The lowest BCUT2D eigenvalue weighted by Gasteiger charge is -2.11. The van der Waals surface area contributed by atoms with E-state index in [2.05, 4.69) is 15.5 Å². The number of benzene rings is 2. The molecule has 0 spiro atoms. The molecule has 1 amide bonds. The summed E-state index contributed by atoms with van der Waals surface area (Å²) in [6.45, 7) is 3.51. The first-order valence-corrected chi connectivity index (χ1v) is 12.8. The lowest BCUT2D eigenvalue weighted by Crippen LogP contribution is -2.13. The van der Waals surface area contributed by atoms with Crippen LogP contribution < -0.4 is 14.8 Å². The molecule has 3 aromatic rings. The van der Waals surface area contributed by atoms with E-state index >= 15 is 0 Å². The number of esters is 1. The molecule has 2 aromatic carbocycles.